The molecule has 2 atom stereocenters. The number of benzene rings is 1. The number of carbonyl (C=O) groups excluding carboxylic acids is 1. The van der Waals surface area contributed by atoms with Crippen molar-refractivity contribution in [2.24, 2.45) is 0 Å². The number of hydrogen-bond acceptors (Lipinski definition) is 4. The fourth-order valence-electron chi connectivity index (χ4n) is 1.71. The van der Waals surface area contributed by atoms with Crippen molar-refractivity contribution in [3.8, 4) is 0 Å². The van der Waals surface area contributed by atoms with E-state index in [2.05, 4.69) is 5.32 Å². The van der Waals surface area contributed by atoms with E-state index in [4.69, 9.17) is 4.74 Å². The Hall–Kier alpha value is -1.66. The van der Waals surface area contributed by atoms with Gasteiger partial charge in [-0.15, -0.1) is 0 Å². The Morgan fingerprint density at radius 2 is 2.00 bits per heavy atom. The van der Waals surface area contributed by atoms with Crippen molar-refractivity contribution >= 4 is 6.09 Å². The Morgan fingerprint density at radius 1 is 1.38 bits per heavy atom. The van der Waals surface area contributed by atoms with Gasteiger partial charge in [-0.25, -0.2) is 9.18 Å². The molecule has 1 rings (SSSR count). The molecule has 0 aromatic heterocycles. The summed E-state index contributed by atoms with van der Waals surface area (Å²) in [6, 6.07) is 4.25. The highest BCUT2D eigenvalue weighted by Crippen LogP contribution is 2.21. The van der Waals surface area contributed by atoms with E-state index in [9.17, 15) is 19.4 Å². The van der Waals surface area contributed by atoms with Crippen LogP contribution in [0, 0.1) is 12.7 Å². The molecule has 0 spiro atoms. The molecule has 0 saturated heterocycles. The van der Waals surface area contributed by atoms with Crippen LogP contribution in [0.15, 0.2) is 18.2 Å². The standard InChI is InChI=1S/C15H22FNO4/c1-9-5-6-11(16)10(7-9)13(19)12(18)8-17-14(20)21-15(2,3)4/h5-7,12-13,18-19H,8H2,1-4H3,(H,17,20). The van der Waals surface area contributed by atoms with E-state index in [-0.39, 0.29) is 12.1 Å². The first-order valence-electron chi connectivity index (χ1n) is 6.69. The van der Waals surface area contributed by atoms with E-state index in [0.717, 1.165) is 5.56 Å². The number of hydrogen-bond donors (Lipinski definition) is 3. The minimum absolute atomic E-state index is 0.00603. The summed E-state index contributed by atoms with van der Waals surface area (Å²) in [6.07, 6.45) is -3.48. The fourth-order valence-corrected chi connectivity index (χ4v) is 1.71. The van der Waals surface area contributed by atoms with Crippen LogP contribution in [-0.2, 0) is 4.74 Å². The summed E-state index contributed by atoms with van der Waals surface area (Å²) in [6.45, 7) is 6.63. The van der Waals surface area contributed by atoms with Crippen LogP contribution in [0.4, 0.5) is 9.18 Å². The van der Waals surface area contributed by atoms with Crippen LogP contribution in [0.2, 0.25) is 0 Å². The highest BCUT2D eigenvalue weighted by atomic mass is 19.1. The predicted molar refractivity (Wildman–Crippen MR) is 76.3 cm³/mol. The fraction of sp³-hybridized carbons (Fsp3) is 0.533. The molecule has 5 nitrogen and oxygen atoms in total. The van der Waals surface area contributed by atoms with Gasteiger partial charge in [0.1, 0.15) is 23.6 Å². The minimum atomic E-state index is -1.43. The molecule has 0 saturated carbocycles. The van der Waals surface area contributed by atoms with Crippen molar-refractivity contribution in [3.05, 3.63) is 35.1 Å². The van der Waals surface area contributed by atoms with Gasteiger partial charge in [0.2, 0.25) is 0 Å². The third-order valence-electron chi connectivity index (χ3n) is 2.69. The molecule has 0 heterocycles. The summed E-state index contributed by atoms with van der Waals surface area (Å²) in [7, 11) is 0. The topological polar surface area (TPSA) is 78.8 Å². The van der Waals surface area contributed by atoms with Crippen LogP contribution in [0.5, 0.6) is 0 Å². The van der Waals surface area contributed by atoms with Crippen LogP contribution in [0.3, 0.4) is 0 Å². The Morgan fingerprint density at radius 3 is 2.57 bits per heavy atom. The molecule has 0 aliphatic carbocycles. The quantitative estimate of drug-likeness (QED) is 0.795. The molecule has 0 radical (unpaired) electrons. The average Bonchev–Trinajstić information content (AvgIpc) is 2.36. The summed E-state index contributed by atoms with van der Waals surface area (Å²) < 4.78 is 18.6. The summed E-state index contributed by atoms with van der Waals surface area (Å²) >= 11 is 0. The van der Waals surface area contributed by atoms with E-state index < -0.39 is 29.7 Å². The molecule has 1 aromatic rings. The van der Waals surface area contributed by atoms with E-state index in [1.54, 1.807) is 33.8 Å². The third kappa shape index (κ3) is 5.69. The maximum Gasteiger partial charge on any atom is 0.407 e. The van der Waals surface area contributed by atoms with Gasteiger partial charge < -0.3 is 20.3 Å². The lowest BCUT2D eigenvalue weighted by molar-refractivity contribution is 0.0113. The van der Waals surface area contributed by atoms with Crippen LogP contribution in [-0.4, -0.2) is 34.6 Å². The number of alkyl carbamates (subject to hydrolysis) is 1. The molecule has 21 heavy (non-hydrogen) atoms. The summed E-state index contributed by atoms with van der Waals surface area (Å²) in [4.78, 5) is 11.4. The summed E-state index contributed by atoms with van der Waals surface area (Å²) in [5.41, 5.74) is 0.0993. The van der Waals surface area contributed by atoms with E-state index in [1.165, 1.54) is 12.1 Å². The van der Waals surface area contributed by atoms with Gasteiger partial charge in [0.25, 0.3) is 0 Å². The SMILES string of the molecule is Cc1ccc(F)c(C(O)C(O)CNC(=O)OC(C)(C)C)c1. The van der Waals surface area contributed by atoms with Crippen molar-refractivity contribution in [2.45, 2.75) is 45.5 Å². The Balaban J connectivity index is 2.61. The van der Waals surface area contributed by atoms with Crippen LogP contribution in [0.25, 0.3) is 0 Å². The first-order chi connectivity index (χ1) is 9.60. The second kappa shape index (κ2) is 6.87. The van der Waals surface area contributed by atoms with Gasteiger partial charge in [-0.3, -0.25) is 0 Å². The van der Waals surface area contributed by atoms with Crippen molar-refractivity contribution in [2.75, 3.05) is 6.54 Å². The maximum absolute atomic E-state index is 13.6. The minimum Gasteiger partial charge on any atom is -0.444 e. The first kappa shape index (κ1) is 17.4. The number of ether oxygens (including phenoxy) is 1. The van der Waals surface area contributed by atoms with Gasteiger partial charge in [-0.2, -0.15) is 0 Å². The predicted octanol–water partition coefficient (Wildman–Crippen LogP) is 2.05. The van der Waals surface area contributed by atoms with Gasteiger partial charge in [-0.05, 0) is 33.8 Å². The number of halogens is 1. The maximum atomic E-state index is 13.6. The van der Waals surface area contributed by atoms with Gasteiger partial charge in [0.05, 0.1) is 0 Å². The largest absolute Gasteiger partial charge is 0.444 e. The van der Waals surface area contributed by atoms with Gasteiger partial charge >= 0.3 is 6.09 Å². The molecule has 0 aliphatic rings. The number of amides is 1. The molecule has 6 heteroatoms. The molecule has 118 valence electrons. The lowest BCUT2D eigenvalue weighted by Gasteiger charge is -2.22. The van der Waals surface area contributed by atoms with Crippen molar-refractivity contribution in [1.29, 1.82) is 0 Å². The second-order valence-electron chi connectivity index (χ2n) is 5.92. The van der Waals surface area contributed by atoms with E-state index >= 15 is 0 Å². The summed E-state index contributed by atoms with van der Waals surface area (Å²) in [5.74, 6) is -0.607. The van der Waals surface area contributed by atoms with Gasteiger partial charge in [0.15, 0.2) is 0 Å². The van der Waals surface area contributed by atoms with Gasteiger partial charge in [0, 0.05) is 12.1 Å². The molecule has 0 fully saturated rings. The smallest absolute Gasteiger partial charge is 0.407 e. The zero-order valence-electron chi connectivity index (χ0n) is 12.7. The highest BCUT2D eigenvalue weighted by molar-refractivity contribution is 5.67. The molecule has 0 bridgehead atoms. The van der Waals surface area contributed by atoms with Crippen LogP contribution >= 0.6 is 0 Å². The number of rotatable bonds is 4. The monoisotopic (exact) mass is 299 g/mol. The molecule has 3 N–H and O–H groups in total. The van der Waals surface area contributed by atoms with Gasteiger partial charge in [-0.1, -0.05) is 17.7 Å². The van der Waals surface area contributed by atoms with Crippen molar-refractivity contribution in [1.82, 2.24) is 5.32 Å². The Labute approximate surface area is 123 Å². The number of aliphatic hydroxyl groups excluding tert-OH is 2. The number of carbonyl (C=O) groups is 1. The second-order valence-corrected chi connectivity index (χ2v) is 5.92. The highest BCUT2D eigenvalue weighted by Gasteiger charge is 2.23. The molecule has 1 aromatic carbocycles. The van der Waals surface area contributed by atoms with E-state index in [0.29, 0.717) is 0 Å². The molecule has 0 aliphatic heterocycles. The van der Waals surface area contributed by atoms with Crippen LogP contribution < -0.4 is 5.32 Å². The third-order valence-corrected chi connectivity index (χ3v) is 2.69. The molecule has 2 unspecified atom stereocenters. The van der Waals surface area contributed by atoms with Crippen molar-refractivity contribution in [3.63, 3.8) is 0 Å². The number of aliphatic hydroxyl groups is 2. The zero-order valence-corrected chi connectivity index (χ0v) is 12.7. The Kier molecular flexibility index (Phi) is 5.69. The first-order valence-corrected chi connectivity index (χ1v) is 6.69. The van der Waals surface area contributed by atoms with E-state index in [1.807, 2.05) is 0 Å². The molecule has 1 amide bonds. The van der Waals surface area contributed by atoms with Crippen molar-refractivity contribution < 1.29 is 24.1 Å². The molecular weight excluding hydrogens is 277 g/mol. The number of aryl methyl sites for hydroxylation is 1. The lowest BCUT2D eigenvalue weighted by Crippen LogP contribution is -2.39. The van der Waals surface area contributed by atoms with Crippen LogP contribution in [0.1, 0.15) is 38.0 Å². The lowest BCUT2D eigenvalue weighted by atomic mass is 10.0. The zero-order chi connectivity index (χ0) is 16.2. The Bertz CT molecular complexity index is 499. The molecular formula is C15H22FNO4. The average molecular weight is 299 g/mol. The normalized spacial score (nSPS) is 14.4. The number of nitrogens with one attached hydrogen (secondary N) is 1. The summed E-state index contributed by atoms with van der Waals surface area (Å²) in [5, 5.41) is 22.1.